The van der Waals surface area contributed by atoms with E-state index in [1.165, 1.54) is 6.92 Å². The fourth-order valence-corrected chi connectivity index (χ4v) is 1.76. The molecule has 100 valence electrons. The van der Waals surface area contributed by atoms with Gasteiger partial charge in [0.05, 0.1) is 5.02 Å². The third-order valence-corrected chi connectivity index (χ3v) is 3.10. The van der Waals surface area contributed by atoms with Gasteiger partial charge >= 0.3 is 15.6 Å². The van der Waals surface area contributed by atoms with Gasteiger partial charge in [-0.2, -0.15) is 21.6 Å². The molecule has 0 atom stereocenters. The van der Waals surface area contributed by atoms with E-state index in [0.717, 1.165) is 18.2 Å². The summed E-state index contributed by atoms with van der Waals surface area (Å²) in [6.07, 6.45) is 0. The second-order valence-corrected chi connectivity index (χ2v) is 5.13. The van der Waals surface area contributed by atoms with Gasteiger partial charge in [0, 0.05) is 11.6 Å². The normalized spacial score (nSPS) is 12.3. The maximum absolute atomic E-state index is 12.0. The number of halogens is 4. The van der Waals surface area contributed by atoms with Crippen LogP contribution in [0.2, 0.25) is 5.02 Å². The fourth-order valence-electron chi connectivity index (χ4n) is 1.01. The number of Topliss-reactive ketones (excluding diaryl/α,β-unsaturated/α-hetero) is 1. The lowest BCUT2D eigenvalue weighted by Crippen LogP contribution is -2.28. The average Bonchev–Trinajstić information content (AvgIpc) is 2.14. The highest BCUT2D eigenvalue weighted by atomic mass is 35.5. The van der Waals surface area contributed by atoms with E-state index in [0.29, 0.717) is 0 Å². The lowest BCUT2D eigenvalue weighted by Gasteiger charge is -2.10. The molecule has 1 rings (SSSR count). The molecule has 0 aliphatic heterocycles. The Hall–Kier alpha value is -1.28. The highest BCUT2D eigenvalue weighted by Crippen LogP contribution is 2.29. The van der Waals surface area contributed by atoms with Gasteiger partial charge in [0.15, 0.2) is 5.78 Å². The minimum absolute atomic E-state index is 0.0495. The van der Waals surface area contributed by atoms with Gasteiger partial charge in [-0.3, -0.25) is 4.79 Å². The molecule has 0 N–H and O–H groups in total. The van der Waals surface area contributed by atoms with Crippen molar-refractivity contribution in [3.8, 4) is 5.75 Å². The van der Waals surface area contributed by atoms with Crippen LogP contribution in [0.4, 0.5) is 13.2 Å². The molecule has 0 amide bonds. The van der Waals surface area contributed by atoms with Crippen LogP contribution in [0.3, 0.4) is 0 Å². The molecule has 0 saturated carbocycles. The van der Waals surface area contributed by atoms with Crippen LogP contribution in [0.15, 0.2) is 18.2 Å². The molecule has 0 radical (unpaired) electrons. The summed E-state index contributed by atoms with van der Waals surface area (Å²) in [7, 11) is -5.74. The van der Waals surface area contributed by atoms with Crippen molar-refractivity contribution in [2.24, 2.45) is 0 Å². The van der Waals surface area contributed by atoms with Crippen LogP contribution in [0.25, 0.3) is 0 Å². The van der Waals surface area contributed by atoms with Crippen LogP contribution in [0, 0.1) is 0 Å². The van der Waals surface area contributed by atoms with Crippen LogP contribution in [-0.2, 0) is 10.1 Å². The van der Waals surface area contributed by atoms with Crippen molar-refractivity contribution in [3.05, 3.63) is 28.8 Å². The molecule has 0 unspecified atom stereocenters. The maximum atomic E-state index is 12.0. The van der Waals surface area contributed by atoms with Gasteiger partial charge in [0.2, 0.25) is 0 Å². The summed E-state index contributed by atoms with van der Waals surface area (Å²) in [5, 5.41) is -0.197. The van der Waals surface area contributed by atoms with E-state index in [1.807, 2.05) is 0 Å². The molecule has 18 heavy (non-hydrogen) atoms. The number of hydrogen-bond acceptors (Lipinski definition) is 4. The van der Waals surface area contributed by atoms with Gasteiger partial charge in [-0.1, -0.05) is 11.6 Å². The third-order valence-electron chi connectivity index (χ3n) is 1.81. The molecule has 1 aromatic rings. The molecule has 0 fully saturated rings. The summed E-state index contributed by atoms with van der Waals surface area (Å²) in [6, 6.07) is 2.80. The second-order valence-electron chi connectivity index (χ2n) is 3.18. The van der Waals surface area contributed by atoms with Crippen molar-refractivity contribution in [1.29, 1.82) is 0 Å². The number of benzene rings is 1. The van der Waals surface area contributed by atoms with E-state index < -0.39 is 27.2 Å². The SMILES string of the molecule is CC(=O)c1ccc(OS(=O)(=O)C(F)(F)F)cc1Cl. The molecule has 1 aromatic carbocycles. The predicted octanol–water partition coefficient (Wildman–Crippen LogP) is 2.77. The van der Waals surface area contributed by atoms with Crippen LogP contribution in [0.1, 0.15) is 17.3 Å². The number of alkyl halides is 3. The Morgan fingerprint density at radius 3 is 2.28 bits per heavy atom. The number of carbonyl (C=O) groups is 1. The van der Waals surface area contributed by atoms with E-state index in [-0.39, 0.29) is 10.6 Å². The molecule has 0 aliphatic rings. The summed E-state index contributed by atoms with van der Waals surface area (Å²) in [5.74, 6) is -1.03. The van der Waals surface area contributed by atoms with Crippen LogP contribution in [-0.4, -0.2) is 19.7 Å². The van der Waals surface area contributed by atoms with Gasteiger partial charge in [0.1, 0.15) is 5.75 Å². The largest absolute Gasteiger partial charge is 0.534 e. The minimum atomic E-state index is -5.74. The lowest BCUT2D eigenvalue weighted by molar-refractivity contribution is -0.0500. The van der Waals surface area contributed by atoms with Crippen LogP contribution >= 0.6 is 11.6 Å². The molecule has 0 heterocycles. The summed E-state index contributed by atoms with van der Waals surface area (Å²) < 4.78 is 61.3. The van der Waals surface area contributed by atoms with E-state index in [4.69, 9.17) is 11.6 Å². The number of rotatable bonds is 3. The second kappa shape index (κ2) is 4.77. The first-order valence-electron chi connectivity index (χ1n) is 4.36. The molecule has 0 bridgehead atoms. The smallest absolute Gasteiger partial charge is 0.376 e. The standard InChI is InChI=1S/C9H6ClF3O4S/c1-5(14)7-3-2-6(4-8(7)10)17-18(15,16)9(11,12)13/h2-4H,1H3. The molecule has 0 saturated heterocycles. The van der Waals surface area contributed by atoms with Crippen LogP contribution < -0.4 is 4.18 Å². The zero-order valence-electron chi connectivity index (χ0n) is 8.79. The first-order chi connectivity index (χ1) is 8.04. The lowest BCUT2D eigenvalue weighted by atomic mass is 10.1. The Bertz CT molecular complexity index is 580. The Morgan fingerprint density at radius 1 is 1.33 bits per heavy atom. The molecular formula is C9H6ClF3O4S. The first-order valence-corrected chi connectivity index (χ1v) is 6.14. The summed E-state index contributed by atoms with van der Waals surface area (Å²) in [4.78, 5) is 11.0. The van der Waals surface area contributed by atoms with Crippen molar-refractivity contribution in [3.63, 3.8) is 0 Å². The molecular weight excluding hydrogens is 297 g/mol. The quantitative estimate of drug-likeness (QED) is 0.489. The van der Waals surface area contributed by atoms with Crippen molar-refractivity contribution in [2.45, 2.75) is 12.4 Å². The van der Waals surface area contributed by atoms with Crippen LogP contribution in [0.5, 0.6) is 5.75 Å². The molecule has 4 nitrogen and oxygen atoms in total. The molecule has 9 heteroatoms. The highest BCUT2D eigenvalue weighted by Gasteiger charge is 2.48. The first kappa shape index (κ1) is 14.8. The van der Waals surface area contributed by atoms with E-state index in [1.54, 1.807) is 0 Å². The predicted molar refractivity (Wildman–Crippen MR) is 57.1 cm³/mol. The number of ketones is 1. The monoisotopic (exact) mass is 302 g/mol. The Kier molecular flexibility index (Phi) is 3.92. The molecule has 0 aromatic heterocycles. The van der Waals surface area contributed by atoms with Gasteiger partial charge in [-0.05, 0) is 19.1 Å². The van der Waals surface area contributed by atoms with Gasteiger partial charge in [-0.15, -0.1) is 0 Å². The summed E-state index contributed by atoms with van der Waals surface area (Å²) in [6.45, 7) is 1.20. The Balaban J connectivity index is 3.09. The van der Waals surface area contributed by atoms with E-state index in [2.05, 4.69) is 4.18 Å². The fraction of sp³-hybridized carbons (Fsp3) is 0.222. The summed E-state index contributed by atoms with van der Waals surface area (Å²) >= 11 is 5.59. The van der Waals surface area contributed by atoms with Crippen molar-refractivity contribution < 1.29 is 30.6 Å². The molecule has 0 spiro atoms. The average molecular weight is 303 g/mol. The number of hydrogen-bond donors (Lipinski definition) is 0. The zero-order valence-corrected chi connectivity index (χ0v) is 10.4. The van der Waals surface area contributed by atoms with Crippen molar-refractivity contribution >= 4 is 27.5 Å². The third kappa shape index (κ3) is 3.14. The van der Waals surface area contributed by atoms with Gasteiger partial charge < -0.3 is 4.18 Å². The van der Waals surface area contributed by atoms with Crippen molar-refractivity contribution in [1.82, 2.24) is 0 Å². The molecule has 0 aliphatic carbocycles. The minimum Gasteiger partial charge on any atom is -0.376 e. The van der Waals surface area contributed by atoms with Gasteiger partial charge in [0.25, 0.3) is 0 Å². The van der Waals surface area contributed by atoms with E-state index >= 15 is 0 Å². The Morgan fingerprint density at radius 2 is 1.89 bits per heavy atom. The Labute approximate surface area is 105 Å². The number of carbonyl (C=O) groups excluding carboxylic acids is 1. The van der Waals surface area contributed by atoms with Gasteiger partial charge in [-0.25, -0.2) is 0 Å². The van der Waals surface area contributed by atoms with E-state index in [9.17, 15) is 26.4 Å². The highest BCUT2D eigenvalue weighted by molar-refractivity contribution is 7.88. The van der Waals surface area contributed by atoms with Crippen molar-refractivity contribution in [2.75, 3.05) is 0 Å². The zero-order chi connectivity index (χ0) is 14.1. The topological polar surface area (TPSA) is 60.4 Å². The summed E-state index contributed by atoms with van der Waals surface area (Å²) in [5.41, 5.74) is -5.48. The maximum Gasteiger partial charge on any atom is 0.534 e.